The van der Waals surface area contributed by atoms with Crippen molar-refractivity contribution in [2.24, 2.45) is 0 Å². The fourth-order valence-electron chi connectivity index (χ4n) is 1.95. The molecule has 1 heterocycles. The van der Waals surface area contributed by atoms with Crippen LogP contribution in [-0.4, -0.2) is 16.8 Å². The molecule has 0 radical (unpaired) electrons. The fourth-order valence-corrected chi connectivity index (χ4v) is 3.27. The highest BCUT2D eigenvalue weighted by atomic mass is 35.5. The van der Waals surface area contributed by atoms with Gasteiger partial charge in [-0.25, -0.2) is 4.98 Å². The summed E-state index contributed by atoms with van der Waals surface area (Å²) in [6.07, 6.45) is 0. The SMILES string of the molecule is O=C(CCl)Nc1ccc(Cl)c(-c2nc3ccccc3s2)c1. The molecule has 106 valence electrons. The van der Waals surface area contributed by atoms with Gasteiger partial charge in [-0.1, -0.05) is 23.7 Å². The quantitative estimate of drug-likeness (QED) is 0.698. The Morgan fingerprint density at radius 2 is 2.05 bits per heavy atom. The molecule has 3 aromatic rings. The highest BCUT2D eigenvalue weighted by molar-refractivity contribution is 7.21. The molecule has 0 aliphatic heterocycles. The van der Waals surface area contributed by atoms with Crippen LogP contribution in [0, 0.1) is 0 Å². The van der Waals surface area contributed by atoms with E-state index in [0.29, 0.717) is 10.7 Å². The van der Waals surface area contributed by atoms with E-state index in [2.05, 4.69) is 10.3 Å². The largest absolute Gasteiger partial charge is 0.325 e. The lowest BCUT2D eigenvalue weighted by atomic mass is 10.2. The van der Waals surface area contributed by atoms with Crippen LogP contribution in [0.5, 0.6) is 0 Å². The van der Waals surface area contributed by atoms with Gasteiger partial charge in [-0.15, -0.1) is 22.9 Å². The predicted molar refractivity (Wildman–Crippen MR) is 89.4 cm³/mol. The van der Waals surface area contributed by atoms with Crippen LogP contribution in [0.1, 0.15) is 0 Å². The van der Waals surface area contributed by atoms with Crippen molar-refractivity contribution in [3.05, 3.63) is 47.5 Å². The molecule has 6 heteroatoms. The molecule has 3 nitrogen and oxygen atoms in total. The minimum absolute atomic E-state index is 0.0842. The van der Waals surface area contributed by atoms with Gasteiger partial charge >= 0.3 is 0 Å². The molecule has 21 heavy (non-hydrogen) atoms. The topological polar surface area (TPSA) is 42.0 Å². The number of nitrogens with one attached hydrogen (secondary N) is 1. The van der Waals surface area contributed by atoms with Crippen molar-refractivity contribution >= 4 is 56.3 Å². The third-order valence-electron chi connectivity index (χ3n) is 2.90. The number of hydrogen-bond acceptors (Lipinski definition) is 3. The molecule has 0 bridgehead atoms. The van der Waals surface area contributed by atoms with Crippen molar-refractivity contribution in [1.29, 1.82) is 0 Å². The van der Waals surface area contributed by atoms with Gasteiger partial charge < -0.3 is 5.32 Å². The second-order valence-electron chi connectivity index (χ2n) is 4.36. The maximum atomic E-state index is 11.4. The average molecular weight is 337 g/mol. The lowest BCUT2D eigenvalue weighted by Gasteiger charge is -2.06. The maximum absolute atomic E-state index is 11.4. The smallest absolute Gasteiger partial charge is 0.239 e. The second kappa shape index (κ2) is 6.02. The summed E-state index contributed by atoms with van der Waals surface area (Å²) in [6, 6.07) is 13.2. The minimum Gasteiger partial charge on any atom is -0.325 e. The Labute approximate surface area is 135 Å². The minimum atomic E-state index is -0.255. The lowest BCUT2D eigenvalue weighted by molar-refractivity contribution is -0.113. The number of fused-ring (bicyclic) bond motifs is 1. The van der Waals surface area contributed by atoms with Crippen LogP contribution in [-0.2, 0) is 4.79 Å². The summed E-state index contributed by atoms with van der Waals surface area (Å²) in [5, 5.41) is 4.13. The predicted octanol–water partition coefficient (Wildman–Crippen LogP) is 4.79. The number of carbonyl (C=O) groups excluding carboxylic acids is 1. The van der Waals surface area contributed by atoms with Crippen molar-refractivity contribution in [2.75, 3.05) is 11.2 Å². The van der Waals surface area contributed by atoms with Gasteiger partial charge in [-0.2, -0.15) is 0 Å². The van der Waals surface area contributed by atoms with E-state index in [9.17, 15) is 4.79 Å². The van der Waals surface area contributed by atoms with Crippen molar-refractivity contribution in [3.8, 4) is 10.6 Å². The Hall–Kier alpha value is -1.62. The maximum Gasteiger partial charge on any atom is 0.239 e. The number of thiazole rings is 1. The fraction of sp³-hybridized carbons (Fsp3) is 0.0667. The monoisotopic (exact) mass is 336 g/mol. The Morgan fingerprint density at radius 3 is 2.81 bits per heavy atom. The first-order valence-electron chi connectivity index (χ1n) is 6.18. The molecule has 0 saturated carbocycles. The molecular formula is C15H10Cl2N2OS. The summed E-state index contributed by atoms with van der Waals surface area (Å²) >= 11 is 13.3. The molecule has 0 fully saturated rings. The number of alkyl halides is 1. The zero-order chi connectivity index (χ0) is 14.8. The van der Waals surface area contributed by atoms with Gasteiger partial charge in [0.25, 0.3) is 0 Å². The van der Waals surface area contributed by atoms with E-state index in [4.69, 9.17) is 23.2 Å². The van der Waals surface area contributed by atoms with Crippen molar-refractivity contribution in [3.63, 3.8) is 0 Å². The van der Waals surface area contributed by atoms with E-state index < -0.39 is 0 Å². The number of halogens is 2. The van der Waals surface area contributed by atoms with E-state index in [1.165, 1.54) is 0 Å². The number of para-hydroxylation sites is 1. The van der Waals surface area contributed by atoms with Crippen LogP contribution < -0.4 is 5.32 Å². The van der Waals surface area contributed by atoms with Gasteiger partial charge in [-0.05, 0) is 30.3 Å². The van der Waals surface area contributed by atoms with E-state index in [1.807, 2.05) is 30.3 Å². The van der Waals surface area contributed by atoms with Crippen LogP contribution in [0.4, 0.5) is 5.69 Å². The number of hydrogen-bond donors (Lipinski definition) is 1. The Morgan fingerprint density at radius 1 is 1.24 bits per heavy atom. The Bertz CT molecular complexity index is 783. The number of carbonyl (C=O) groups is 1. The molecule has 0 spiro atoms. The molecule has 1 amide bonds. The summed E-state index contributed by atoms with van der Waals surface area (Å²) in [5.41, 5.74) is 2.38. The van der Waals surface area contributed by atoms with Crippen molar-refractivity contribution < 1.29 is 4.79 Å². The molecule has 0 aliphatic carbocycles. The molecule has 1 aromatic heterocycles. The second-order valence-corrected chi connectivity index (χ2v) is 6.07. The summed E-state index contributed by atoms with van der Waals surface area (Å²) < 4.78 is 1.10. The first kappa shape index (κ1) is 14.3. The number of benzene rings is 2. The molecule has 0 aliphatic rings. The van der Waals surface area contributed by atoms with Crippen molar-refractivity contribution in [2.45, 2.75) is 0 Å². The number of nitrogens with zero attached hydrogens (tertiary/aromatic N) is 1. The Balaban J connectivity index is 2.04. The van der Waals surface area contributed by atoms with Crippen LogP contribution >= 0.6 is 34.5 Å². The number of rotatable bonds is 3. The Kier molecular flexibility index (Phi) is 4.10. The first-order valence-corrected chi connectivity index (χ1v) is 7.91. The molecule has 1 N–H and O–H groups in total. The van der Waals surface area contributed by atoms with Crippen LogP contribution in [0.15, 0.2) is 42.5 Å². The molecule has 3 rings (SSSR count). The summed E-state index contributed by atoms with van der Waals surface area (Å²) in [6.45, 7) is 0. The lowest BCUT2D eigenvalue weighted by Crippen LogP contribution is -2.12. The van der Waals surface area contributed by atoms with E-state index in [1.54, 1.807) is 23.5 Å². The van der Waals surface area contributed by atoms with E-state index in [0.717, 1.165) is 20.8 Å². The van der Waals surface area contributed by atoms with Crippen LogP contribution in [0.3, 0.4) is 0 Å². The van der Waals surface area contributed by atoms with Gasteiger partial charge in [0.05, 0.1) is 15.2 Å². The van der Waals surface area contributed by atoms with Gasteiger partial charge in [0.2, 0.25) is 5.91 Å². The first-order chi connectivity index (χ1) is 10.2. The number of amides is 1. The highest BCUT2D eigenvalue weighted by Crippen LogP contribution is 2.35. The molecule has 2 aromatic carbocycles. The summed E-state index contributed by atoms with van der Waals surface area (Å²) in [7, 11) is 0. The van der Waals surface area contributed by atoms with Crippen LogP contribution in [0.25, 0.3) is 20.8 Å². The van der Waals surface area contributed by atoms with Gasteiger partial charge in [0.15, 0.2) is 0 Å². The van der Waals surface area contributed by atoms with Gasteiger partial charge in [0.1, 0.15) is 10.9 Å². The summed E-state index contributed by atoms with van der Waals surface area (Å²) in [4.78, 5) is 15.9. The van der Waals surface area contributed by atoms with Crippen LogP contribution in [0.2, 0.25) is 5.02 Å². The number of anilines is 1. The normalized spacial score (nSPS) is 10.8. The van der Waals surface area contributed by atoms with Gasteiger partial charge in [0, 0.05) is 11.3 Å². The summed E-state index contributed by atoms with van der Waals surface area (Å²) in [5.74, 6) is -0.340. The van der Waals surface area contributed by atoms with Gasteiger partial charge in [-0.3, -0.25) is 4.79 Å². The average Bonchev–Trinajstić information content (AvgIpc) is 2.92. The zero-order valence-corrected chi connectivity index (χ0v) is 13.1. The third kappa shape index (κ3) is 3.02. The highest BCUT2D eigenvalue weighted by Gasteiger charge is 2.11. The molecule has 0 unspecified atom stereocenters. The zero-order valence-electron chi connectivity index (χ0n) is 10.8. The van der Waals surface area contributed by atoms with Crippen molar-refractivity contribution in [1.82, 2.24) is 4.98 Å². The number of aromatic nitrogens is 1. The molecule has 0 saturated heterocycles. The molecule has 0 atom stereocenters. The molecular weight excluding hydrogens is 327 g/mol. The third-order valence-corrected chi connectivity index (χ3v) is 4.54. The standard InChI is InChI=1S/C15H10Cl2N2OS/c16-8-14(20)18-9-5-6-11(17)10(7-9)15-19-12-3-1-2-4-13(12)21-15/h1-7H,8H2,(H,18,20). The van der Waals surface area contributed by atoms with E-state index in [-0.39, 0.29) is 11.8 Å². The van der Waals surface area contributed by atoms with E-state index >= 15 is 0 Å².